The lowest BCUT2D eigenvalue weighted by Gasteiger charge is -2.10. The molecule has 3 N–H and O–H groups in total. The third-order valence-corrected chi connectivity index (χ3v) is 2.78. The molecule has 0 aromatic heterocycles. The molecule has 0 radical (unpaired) electrons. The number of rotatable bonds is 5. The summed E-state index contributed by atoms with van der Waals surface area (Å²) in [7, 11) is 0. The predicted molar refractivity (Wildman–Crippen MR) is 72.7 cm³/mol. The minimum absolute atomic E-state index is 0.00907. The minimum Gasteiger partial charge on any atom is -0.488 e. The first-order valence-corrected chi connectivity index (χ1v) is 6.02. The number of carbonyl (C=O) groups is 2. The van der Waals surface area contributed by atoms with E-state index in [1.165, 1.54) is 6.07 Å². The van der Waals surface area contributed by atoms with Gasteiger partial charge in [-0.05, 0) is 29.8 Å². The number of ether oxygens (including phenoxy) is 1. The quantitative estimate of drug-likeness (QED) is 0.883. The molecule has 108 valence electrons. The first-order valence-electron chi connectivity index (χ1n) is 6.02. The maximum absolute atomic E-state index is 13.2. The molecule has 0 bridgehead atoms. The molecule has 1 amide bonds. The second-order valence-corrected chi connectivity index (χ2v) is 4.30. The van der Waals surface area contributed by atoms with Gasteiger partial charge in [0.1, 0.15) is 23.7 Å². The fraction of sp³-hybridized carbons (Fsp3) is 0.0667. The highest BCUT2D eigenvalue weighted by Crippen LogP contribution is 2.21. The number of primary amides is 1. The summed E-state index contributed by atoms with van der Waals surface area (Å²) in [5, 5.41) is 9.01. The lowest BCUT2D eigenvalue weighted by molar-refractivity contribution is 0.0691. The highest BCUT2D eigenvalue weighted by Gasteiger charge is 2.12. The van der Waals surface area contributed by atoms with Gasteiger partial charge in [0, 0.05) is 11.6 Å². The van der Waals surface area contributed by atoms with E-state index in [-0.39, 0.29) is 17.9 Å². The molecule has 0 fully saturated rings. The lowest BCUT2D eigenvalue weighted by atomic mass is 10.1. The summed E-state index contributed by atoms with van der Waals surface area (Å²) < 4.78 is 18.5. The van der Waals surface area contributed by atoms with E-state index in [1.54, 1.807) is 18.2 Å². The first kappa shape index (κ1) is 14.5. The van der Waals surface area contributed by atoms with Crippen LogP contribution in [0.3, 0.4) is 0 Å². The van der Waals surface area contributed by atoms with Gasteiger partial charge in [0.05, 0.1) is 0 Å². The van der Waals surface area contributed by atoms with Crippen molar-refractivity contribution >= 4 is 11.9 Å². The number of halogens is 1. The molecule has 0 unspecified atom stereocenters. The van der Waals surface area contributed by atoms with Crippen molar-refractivity contribution in [3.63, 3.8) is 0 Å². The number of hydrogen-bond acceptors (Lipinski definition) is 3. The Morgan fingerprint density at radius 3 is 2.62 bits per heavy atom. The number of amides is 1. The highest BCUT2D eigenvalue weighted by atomic mass is 19.1. The number of nitrogens with two attached hydrogens (primary N) is 1. The van der Waals surface area contributed by atoms with Crippen LogP contribution in [0.1, 0.15) is 26.3 Å². The van der Waals surface area contributed by atoms with Crippen molar-refractivity contribution in [2.24, 2.45) is 5.73 Å². The van der Waals surface area contributed by atoms with Gasteiger partial charge >= 0.3 is 5.97 Å². The standard InChI is InChI=1S/C15H12FNO4/c16-11-4-5-12(15(19)20)13(7-11)21-8-9-2-1-3-10(6-9)14(17)18/h1-7H,8H2,(H2,17,18)(H,19,20). The summed E-state index contributed by atoms with van der Waals surface area (Å²) in [6.07, 6.45) is 0. The second kappa shape index (κ2) is 6.04. The number of carboxylic acids is 1. The Balaban J connectivity index is 2.20. The Labute approximate surface area is 119 Å². The van der Waals surface area contributed by atoms with Crippen LogP contribution in [0.15, 0.2) is 42.5 Å². The molecule has 0 aliphatic carbocycles. The van der Waals surface area contributed by atoms with E-state index in [2.05, 4.69) is 0 Å². The zero-order chi connectivity index (χ0) is 15.4. The van der Waals surface area contributed by atoms with E-state index in [4.69, 9.17) is 15.6 Å². The van der Waals surface area contributed by atoms with Crippen molar-refractivity contribution < 1.29 is 23.8 Å². The van der Waals surface area contributed by atoms with Crippen molar-refractivity contribution in [2.75, 3.05) is 0 Å². The molecule has 0 spiro atoms. The van der Waals surface area contributed by atoms with E-state index < -0.39 is 17.7 Å². The molecule has 6 heteroatoms. The number of carbonyl (C=O) groups excluding carboxylic acids is 1. The summed E-state index contributed by atoms with van der Waals surface area (Å²) >= 11 is 0. The van der Waals surface area contributed by atoms with Gasteiger partial charge in [-0.1, -0.05) is 12.1 Å². The van der Waals surface area contributed by atoms with Gasteiger partial charge in [-0.15, -0.1) is 0 Å². The molecule has 0 aliphatic rings. The van der Waals surface area contributed by atoms with Crippen LogP contribution in [0, 0.1) is 5.82 Å². The van der Waals surface area contributed by atoms with Crippen LogP contribution in [0.2, 0.25) is 0 Å². The van der Waals surface area contributed by atoms with E-state index >= 15 is 0 Å². The Bertz CT molecular complexity index is 700. The molecule has 21 heavy (non-hydrogen) atoms. The van der Waals surface area contributed by atoms with Gasteiger partial charge in [0.15, 0.2) is 0 Å². The first-order chi connectivity index (χ1) is 9.97. The molecular weight excluding hydrogens is 277 g/mol. The fourth-order valence-corrected chi connectivity index (χ4v) is 1.77. The molecule has 0 saturated carbocycles. The number of aromatic carboxylic acids is 1. The van der Waals surface area contributed by atoms with Crippen LogP contribution in [-0.4, -0.2) is 17.0 Å². The molecule has 0 atom stereocenters. The Kier molecular flexibility index (Phi) is 4.18. The number of carboxylic acid groups (broad SMARTS) is 1. The fourth-order valence-electron chi connectivity index (χ4n) is 1.77. The topological polar surface area (TPSA) is 89.6 Å². The van der Waals surface area contributed by atoms with Gasteiger partial charge in [0.25, 0.3) is 0 Å². The highest BCUT2D eigenvalue weighted by molar-refractivity contribution is 5.93. The van der Waals surface area contributed by atoms with Crippen molar-refractivity contribution in [3.05, 3.63) is 65.0 Å². The third kappa shape index (κ3) is 3.56. The monoisotopic (exact) mass is 289 g/mol. The van der Waals surface area contributed by atoms with Gasteiger partial charge in [-0.25, -0.2) is 9.18 Å². The average molecular weight is 289 g/mol. The van der Waals surface area contributed by atoms with Crippen LogP contribution in [0.5, 0.6) is 5.75 Å². The minimum atomic E-state index is -1.21. The van der Waals surface area contributed by atoms with Crippen molar-refractivity contribution in [3.8, 4) is 5.75 Å². The molecular formula is C15H12FNO4. The number of hydrogen-bond donors (Lipinski definition) is 2. The van der Waals surface area contributed by atoms with E-state index in [0.717, 1.165) is 18.2 Å². The molecule has 5 nitrogen and oxygen atoms in total. The molecule has 2 aromatic rings. The van der Waals surface area contributed by atoms with Crippen LogP contribution < -0.4 is 10.5 Å². The SMILES string of the molecule is NC(=O)c1cccc(COc2cc(F)ccc2C(=O)O)c1. The van der Waals surface area contributed by atoms with Crippen molar-refractivity contribution in [1.82, 2.24) is 0 Å². The van der Waals surface area contributed by atoms with Crippen molar-refractivity contribution in [1.29, 1.82) is 0 Å². The van der Waals surface area contributed by atoms with E-state index in [0.29, 0.717) is 11.1 Å². The largest absolute Gasteiger partial charge is 0.488 e. The lowest BCUT2D eigenvalue weighted by Crippen LogP contribution is -2.11. The van der Waals surface area contributed by atoms with Gasteiger partial charge in [-0.2, -0.15) is 0 Å². The Hall–Kier alpha value is -2.89. The maximum atomic E-state index is 13.2. The summed E-state index contributed by atoms with van der Waals surface area (Å²) in [6, 6.07) is 9.58. The average Bonchev–Trinajstić information content (AvgIpc) is 2.45. The Morgan fingerprint density at radius 1 is 1.19 bits per heavy atom. The molecule has 2 aromatic carbocycles. The summed E-state index contributed by atoms with van der Waals surface area (Å²) in [5.74, 6) is -2.46. The van der Waals surface area contributed by atoms with Crippen LogP contribution in [0.4, 0.5) is 4.39 Å². The molecule has 0 heterocycles. The smallest absolute Gasteiger partial charge is 0.339 e. The molecule has 0 aliphatic heterocycles. The molecule has 2 rings (SSSR count). The van der Waals surface area contributed by atoms with Crippen molar-refractivity contribution in [2.45, 2.75) is 6.61 Å². The van der Waals surface area contributed by atoms with Gasteiger partial charge in [0.2, 0.25) is 5.91 Å². The third-order valence-electron chi connectivity index (χ3n) is 2.78. The van der Waals surface area contributed by atoms with E-state index in [9.17, 15) is 14.0 Å². The number of benzene rings is 2. The normalized spacial score (nSPS) is 10.1. The Morgan fingerprint density at radius 2 is 1.95 bits per heavy atom. The van der Waals surface area contributed by atoms with Gasteiger partial charge in [-0.3, -0.25) is 4.79 Å². The molecule has 0 saturated heterocycles. The predicted octanol–water partition coefficient (Wildman–Crippen LogP) is 2.20. The summed E-state index contributed by atoms with van der Waals surface area (Å²) in [4.78, 5) is 22.1. The summed E-state index contributed by atoms with van der Waals surface area (Å²) in [6.45, 7) is -0.00907. The van der Waals surface area contributed by atoms with Crippen LogP contribution in [0.25, 0.3) is 0 Å². The maximum Gasteiger partial charge on any atom is 0.339 e. The van der Waals surface area contributed by atoms with Crippen LogP contribution in [-0.2, 0) is 6.61 Å². The zero-order valence-electron chi connectivity index (χ0n) is 10.9. The van der Waals surface area contributed by atoms with E-state index in [1.807, 2.05) is 0 Å². The van der Waals surface area contributed by atoms with Gasteiger partial charge < -0.3 is 15.6 Å². The zero-order valence-corrected chi connectivity index (χ0v) is 10.9. The second-order valence-electron chi connectivity index (χ2n) is 4.30. The summed E-state index contributed by atoms with van der Waals surface area (Å²) in [5.41, 5.74) is 5.96. The van der Waals surface area contributed by atoms with Crippen LogP contribution >= 0.6 is 0 Å².